The Labute approximate surface area is 118 Å². The van der Waals surface area contributed by atoms with Gasteiger partial charge in [-0.15, -0.1) is 0 Å². The summed E-state index contributed by atoms with van der Waals surface area (Å²) in [5, 5.41) is 3.00. The van der Waals surface area contributed by atoms with Crippen molar-refractivity contribution in [3.63, 3.8) is 0 Å². The summed E-state index contributed by atoms with van der Waals surface area (Å²) < 4.78 is 7.47. The summed E-state index contributed by atoms with van der Waals surface area (Å²) >= 11 is 0. The first-order valence-corrected chi connectivity index (χ1v) is 6.72. The zero-order valence-corrected chi connectivity index (χ0v) is 12.6. The van der Waals surface area contributed by atoms with E-state index >= 15 is 0 Å². The highest BCUT2D eigenvalue weighted by atomic mass is 16.5. The van der Waals surface area contributed by atoms with E-state index in [9.17, 15) is 9.59 Å². The van der Waals surface area contributed by atoms with Crippen molar-refractivity contribution in [2.45, 2.75) is 26.8 Å². The second kappa shape index (κ2) is 7.14. The Hall–Kier alpha value is -1.76. The van der Waals surface area contributed by atoms with E-state index in [1.807, 2.05) is 13.8 Å². The monoisotopic (exact) mass is 284 g/mol. The molecule has 0 bridgehead atoms. The number of rotatable bonds is 7. The van der Waals surface area contributed by atoms with E-state index in [0.29, 0.717) is 19.7 Å². The van der Waals surface area contributed by atoms with Crippen molar-refractivity contribution >= 4 is 11.5 Å². The molecule has 1 aromatic rings. The number of nitrogens with two attached hydrogens (primary N) is 1. The molecule has 0 aliphatic heterocycles. The lowest BCUT2D eigenvalue weighted by Gasteiger charge is -2.17. The van der Waals surface area contributed by atoms with Gasteiger partial charge in [-0.1, -0.05) is 13.8 Å². The lowest BCUT2D eigenvalue weighted by molar-refractivity contribution is 0.198. The van der Waals surface area contributed by atoms with Gasteiger partial charge < -0.3 is 15.8 Å². The minimum absolute atomic E-state index is 0.198. The van der Waals surface area contributed by atoms with Crippen LogP contribution in [0.15, 0.2) is 9.59 Å². The highest BCUT2D eigenvalue weighted by molar-refractivity contribution is 5.60. The van der Waals surface area contributed by atoms with E-state index in [4.69, 9.17) is 10.5 Å². The van der Waals surface area contributed by atoms with Crippen LogP contribution < -0.4 is 22.3 Å². The molecule has 0 saturated heterocycles. The van der Waals surface area contributed by atoms with Gasteiger partial charge in [-0.3, -0.25) is 13.9 Å². The standard InChI is InChI=1S/C13H24N4O3/c1-9(2)8-17-11(14)10(15-6-5-7-20-4)12(18)16(3)13(17)19/h9,15H,5-8,14H2,1-4H3. The predicted molar refractivity (Wildman–Crippen MR) is 80.2 cm³/mol. The number of anilines is 2. The maximum Gasteiger partial charge on any atom is 0.332 e. The van der Waals surface area contributed by atoms with Crippen LogP contribution in [0.4, 0.5) is 11.5 Å². The molecule has 7 nitrogen and oxygen atoms in total. The molecule has 0 aliphatic carbocycles. The van der Waals surface area contributed by atoms with Crippen molar-refractivity contribution in [3.05, 3.63) is 20.8 Å². The van der Waals surface area contributed by atoms with E-state index in [1.54, 1.807) is 7.11 Å². The molecular weight excluding hydrogens is 260 g/mol. The zero-order valence-electron chi connectivity index (χ0n) is 12.6. The molecule has 0 saturated carbocycles. The third-order valence-corrected chi connectivity index (χ3v) is 2.96. The first-order chi connectivity index (χ1) is 9.40. The number of hydrogen-bond donors (Lipinski definition) is 2. The van der Waals surface area contributed by atoms with E-state index in [-0.39, 0.29) is 23.1 Å². The molecule has 0 aliphatic rings. The van der Waals surface area contributed by atoms with Crippen molar-refractivity contribution in [1.82, 2.24) is 9.13 Å². The summed E-state index contributed by atoms with van der Waals surface area (Å²) in [7, 11) is 3.08. The Balaban J connectivity index is 3.13. The van der Waals surface area contributed by atoms with Crippen molar-refractivity contribution in [3.8, 4) is 0 Å². The summed E-state index contributed by atoms with van der Waals surface area (Å²) in [5.74, 6) is 0.457. The lowest BCUT2D eigenvalue weighted by Crippen LogP contribution is -2.41. The van der Waals surface area contributed by atoms with Gasteiger partial charge in [0.05, 0.1) is 0 Å². The fourth-order valence-corrected chi connectivity index (χ4v) is 1.92. The summed E-state index contributed by atoms with van der Waals surface area (Å²) in [6, 6.07) is 0. The van der Waals surface area contributed by atoms with Crippen LogP contribution in [0.25, 0.3) is 0 Å². The van der Waals surface area contributed by atoms with Gasteiger partial charge in [-0.25, -0.2) is 4.79 Å². The molecule has 0 radical (unpaired) electrons. The van der Waals surface area contributed by atoms with Gasteiger partial charge in [0.25, 0.3) is 5.56 Å². The lowest BCUT2D eigenvalue weighted by atomic mass is 10.2. The van der Waals surface area contributed by atoms with Crippen LogP contribution in [0, 0.1) is 5.92 Å². The van der Waals surface area contributed by atoms with Crippen LogP contribution in [-0.4, -0.2) is 29.4 Å². The normalized spacial score (nSPS) is 11.1. The van der Waals surface area contributed by atoms with Gasteiger partial charge in [0.2, 0.25) is 0 Å². The van der Waals surface area contributed by atoms with Gasteiger partial charge in [0, 0.05) is 33.9 Å². The molecule has 0 aromatic carbocycles. The van der Waals surface area contributed by atoms with Gasteiger partial charge in [-0.2, -0.15) is 0 Å². The zero-order chi connectivity index (χ0) is 15.3. The summed E-state index contributed by atoms with van der Waals surface area (Å²) in [6.45, 7) is 5.61. The summed E-state index contributed by atoms with van der Waals surface area (Å²) in [4.78, 5) is 24.2. The molecule has 1 heterocycles. The van der Waals surface area contributed by atoms with Gasteiger partial charge >= 0.3 is 5.69 Å². The molecule has 1 rings (SSSR count). The Morgan fingerprint density at radius 1 is 1.35 bits per heavy atom. The molecule has 1 aromatic heterocycles. The first-order valence-electron chi connectivity index (χ1n) is 6.72. The second-order valence-corrected chi connectivity index (χ2v) is 5.18. The largest absolute Gasteiger partial charge is 0.385 e. The Bertz CT molecular complexity index is 560. The van der Waals surface area contributed by atoms with Gasteiger partial charge in [0.1, 0.15) is 11.5 Å². The van der Waals surface area contributed by atoms with Gasteiger partial charge in [0.15, 0.2) is 0 Å². The molecular formula is C13H24N4O3. The molecule has 0 fully saturated rings. The molecule has 7 heteroatoms. The molecule has 0 atom stereocenters. The van der Waals surface area contributed by atoms with Crippen molar-refractivity contribution in [2.24, 2.45) is 13.0 Å². The smallest absolute Gasteiger partial charge is 0.332 e. The first kappa shape index (κ1) is 16.3. The Kier molecular flexibility index (Phi) is 5.82. The Morgan fingerprint density at radius 3 is 2.55 bits per heavy atom. The van der Waals surface area contributed by atoms with Crippen molar-refractivity contribution in [2.75, 3.05) is 31.3 Å². The molecule has 0 unspecified atom stereocenters. The number of ether oxygens (including phenoxy) is 1. The van der Waals surface area contributed by atoms with Crippen LogP contribution >= 0.6 is 0 Å². The third-order valence-electron chi connectivity index (χ3n) is 2.96. The minimum Gasteiger partial charge on any atom is -0.385 e. The van der Waals surface area contributed by atoms with Crippen LogP contribution in [0.1, 0.15) is 20.3 Å². The fraction of sp³-hybridized carbons (Fsp3) is 0.692. The number of hydrogen-bond acceptors (Lipinski definition) is 5. The van der Waals surface area contributed by atoms with Crippen molar-refractivity contribution in [1.29, 1.82) is 0 Å². The topological polar surface area (TPSA) is 91.3 Å². The molecule has 0 amide bonds. The van der Waals surface area contributed by atoms with Crippen molar-refractivity contribution < 1.29 is 4.74 Å². The van der Waals surface area contributed by atoms with Gasteiger partial charge in [-0.05, 0) is 12.3 Å². The van der Waals surface area contributed by atoms with Crippen LogP contribution in [0.2, 0.25) is 0 Å². The maximum absolute atomic E-state index is 12.1. The van der Waals surface area contributed by atoms with Crippen LogP contribution in [-0.2, 0) is 18.3 Å². The fourth-order valence-electron chi connectivity index (χ4n) is 1.92. The maximum atomic E-state index is 12.1. The summed E-state index contributed by atoms with van der Waals surface area (Å²) in [5.41, 5.74) is 5.47. The minimum atomic E-state index is -0.398. The number of nitrogen functional groups attached to an aromatic ring is 1. The third kappa shape index (κ3) is 3.63. The van der Waals surface area contributed by atoms with E-state index in [2.05, 4.69) is 5.32 Å². The quantitative estimate of drug-likeness (QED) is 0.700. The predicted octanol–water partition coefficient (Wildman–Crippen LogP) is 0.234. The highest BCUT2D eigenvalue weighted by Gasteiger charge is 2.15. The van der Waals surface area contributed by atoms with E-state index < -0.39 is 5.56 Å². The number of aromatic nitrogens is 2. The Morgan fingerprint density at radius 2 is 2.00 bits per heavy atom. The number of methoxy groups -OCH3 is 1. The summed E-state index contributed by atoms with van der Waals surface area (Å²) in [6.07, 6.45) is 0.752. The molecule has 114 valence electrons. The average Bonchev–Trinajstić information content (AvgIpc) is 2.40. The van der Waals surface area contributed by atoms with E-state index in [1.165, 1.54) is 11.6 Å². The second-order valence-electron chi connectivity index (χ2n) is 5.18. The average molecular weight is 284 g/mol. The van der Waals surface area contributed by atoms with Crippen LogP contribution in [0.5, 0.6) is 0 Å². The number of nitrogens with zero attached hydrogens (tertiary/aromatic N) is 2. The highest BCUT2D eigenvalue weighted by Crippen LogP contribution is 2.12. The molecule has 0 spiro atoms. The SMILES string of the molecule is COCCCNc1c(N)n(CC(C)C)c(=O)n(C)c1=O. The molecule has 20 heavy (non-hydrogen) atoms. The van der Waals surface area contributed by atoms with E-state index in [0.717, 1.165) is 11.0 Å². The van der Waals surface area contributed by atoms with Crippen LogP contribution in [0.3, 0.4) is 0 Å². The number of nitrogens with one attached hydrogen (secondary N) is 1. The molecule has 3 N–H and O–H groups in total.